The van der Waals surface area contributed by atoms with Crippen molar-refractivity contribution in [2.45, 2.75) is 39.7 Å². The van der Waals surface area contributed by atoms with Gasteiger partial charge in [0.05, 0.1) is 18.3 Å². The van der Waals surface area contributed by atoms with Gasteiger partial charge in [-0.05, 0) is 38.8 Å². The number of benzene rings is 1. The summed E-state index contributed by atoms with van der Waals surface area (Å²) in [6.45, 7) is 7.96. The maximum atomic E-state index is 12.3. The van der Waals surface area contributed by atoms with Crippen molar-refractivity contribution < 1.29 is 4.79 Å². The Kier molecular flexibility index (Phi) is 4.98. The first-order chi connectivity index (χ1) is 12.8. The number of carbonyl (C=O) groups excluding carboxylic acids is 1. The molecule has 3 N–H and O–H groups in total. The number of aromatic nitrogens is 4. The van der Waals surface area contributed by atoms with E-state index in [4.69, 9.17) is 0 Å². The van der Waals surface area contributed by atoms with Gasteiger partial charge in [-0.25, -0.2) is 4.68 Å². The largest absolute Gasteiger partial charge is 0.347 e. The van der Waals surface area contributed by atoms with Gasteiger partial charge in [0.1, 0.15) is 5.39 Å². The lowest BCUT2D eigenvalue weighted by Crippen LogP contribution is -2.26. The van der Waals surface area contributed by atoms with Gasteiger partial charge in [-0.1, -0.05) is 25.1 Å². The SMILES string of the molecule is CCc1ccccc1NC(=O)CNc1nc2c(cnn2C(C)(C)C)c(=O)[nH]1. The van der Waals surface area contributed by atoms with Crippen molar-refractivity contribution in [1.29, 1.82) is 0 Å². The number of hydrogen-bond donors (Lipinski definition) is 3. The van der Waals surface area contributed by atoms with E-state index in [1.807, 2.05) is 52.0 Å². The minimum atomic E-state index is -0.318. The van der Waals surface area contributed by atoms with Crippen LogP contribution in [0.15, 0.2) is 35.3 Å². The van der Waals surface area contributed by atoms with Crippen LogP contribution in [0.2, 0.25) is 0 Å². The molecule has 3 aromatic rings. The number of fused-ring (bicyclic) bond motifs is 1. The Balaban J connectivity index is 1.77. The van der Waals surface area contributed by atoms with Gasteiger partial charge in [-0.2, -0.15) is 10.1 Å². The van der Waals surface area contributed by atoms with Crippen LogP contribution in [0.5, 0.6) is 0 Å². The minimum absolute atomic E-state index is 0.0177. The highest BCUT2D eigenvalue weighted by molar-refractivity contribution is 5.94. The third-order valence-electron chi connectivity index (χ3n) is 4.16. The van der Waals surface area contributed by atoms with Crippen molar-refractivity contribution in [3.63, 3.8) is 0 Å². The lowest BCUT2D eigenvalue weighted by molar-refractivity contribution is -0.114. The molecular weight excluding hydrogens is 344 g/mol. The third-order valence-corrected chi connectivity index (χ3v) is 4.16. The summed E-state index contributed by atoms with van der Waals surface area (Å²) in [7, 11) is 0. The van der Waals surface area contributed by atoms with E-state index >= 15 is 0 Å². The number of amides is 1. The molecule has 0 bridgehead atoms. The molecule has 3 rings (SSSR count). The topological polar surface area (TPSA) is 105 Å². The Morgan fingerprint density at radius 1 is 1.26 bits per heavy atom. The zero-order valence-corrected chi connectivity index (χ0v) is 16.0. The van der Waals surface area contributed by atoms with Crippen molar-refractivity contribution in [3.05, 3.63) is 46.4 Å². The molecule has 2 aromatic heterocycles. The fourth-order valence-corrected chi connectivity index (χ4v) is 2.80. The maximum Gasteiger partial charge on any atom is 0.263 e. The molecule has 0 radical (unpaired) electrons. The van der Waals surface area contributed by atoms with E-state index in [9.17, 15) is 9.59 Å². The first kappa shape index (κ1) is 18.6. The number of anilines is 2. The normalized spacial score (nSPS) is 11.6. The number of para-hydroxylation sites is 1. The van der Waals surface area contributed by atoms with Crippen LogP contribution < -0.4 is 16.2 Å². The summed E-state index contributed by atoms with van der Waals surface area (Å²) >= 11 is 0. The molecule has 0 saturated heterocycles. The summed E-state index contributed by atoms with van der Waals surface area (Å²) in [6.07, 6.45) is 2.33. The molecule has 0 aliphatic heterocycles. The molecule has 0 aliphatic rings. The summed E-state index contributed by atoms with van der Waals surface area (Å²) in [5.74, 6) is 0.0143. The van der Waals surface area contributed by atoms with Crippen LogP contribution in [0.4, 0.5) is 11.6 Å². The average Bonchev–Trinajstić information content (AvgIpc) is 3.05. The predicted octanol–water partition coefficient (Wildman–Crippen LogP) is 2.49. The Bertz CT molecular complexity index is 1030. The lowest BCUT2D eigenvalue weighted by Gasteiger charge is -2.19. The molecule has 142 valence electrons. The summed E-state index contributed by atoms with van der Waals surface area (Å²) in [4.78, 5) is 31.6. The second-order valence-electron chi connectivity index (χ2n) is 7.29. The van der Waals surface area contributed by atoms with Crippen LogP contribution in [0, 0.1) is 0 Å². The molecule has 0 spiro atoms. The summed E-state index contributed by atoms with van der Waals surface area (Å²) in [6, 6.07) is 7.66. The lowest BCUT2D eigenvalue weighted by atomic mass is 10.1. The number of carbonyl (C=O) groups is 1. The number of aryl methyl sites for hydroxylation is 1. The third kappa shape index (κ3) is 3.99. The highest BCUT2D eigenvalue weighted by Gasteiger charge is 2.20. The van der Waals surface area contributed by atoms with Crippen LogP contribution in [-0.4, -0.2) is 32.2 Å². The van der Waals surface area contributed by atoms with E-state index in [1.165, 1.54) is 6.20 Å². The van der Waals surface area contributed by atoms with Gasteiger partial charge in [-0.15, -0.1) is 0 Å². The van der Waals surface area contributed by atoms with E-state index < -0.39 is 0 Å². The van der Waals surface area contributed by atoms with Gasteiger partial charge >= 0.3 is 0 Å². The number of rotatable bonds is 5. The summed E-state index contributed by atoms with van der Waals surface area (Å²) < 4.78 is 1.69. The number of hydrogen-bond acceptors (Lipinski definition) is 5. The fraction of sp³-hybridized carbons (Fsp3) is 0.368. The van der Waals surface area contributed by atoms with Crippen LogP contribution in [-0.2, 0) is 16.8 Å². The highest BCUT2D eigenvalue weighted by atomic mass is 16.2. The molecule has 0 unspecified atom stereocenters. The smallest absolute Gasteiger partial charge is 0.263 e. The summed E-state index contributed by atoms with van der Waals surface area (Å²) in [5.41, 5.74) is 1.71. The van der Waals surface area contributed by atoms with Crippen molar-refractivity contribution in [1.82, 2.24) is 19.7 Å². The van der Waals surface area contributed by atoms with Crippen LogP contribution in [0.1, 0.15) is 33.3 Å². The van der Waals surface area contributed by atoms with Gasteiger partial charge in [0, 0.05) is 5.69 Å². The summed E-state index contributed by atoms with van der Waals surface area (Å²) in [5, 5.41) is 10.4. The molecular formula is C19H24N6O2. The zero-order chi connectivity index (χ0) is 19.6. The van der Waals surface area contributed by atoms with Gasteiger partial charge in [0.15, 0.2) is 5.65 Å². The van der Waals surface area contributed by atoms with Gasteiger partial charge in [0.25, 0.3) is 5.56 Å². The van der Waals surface area contributed by atoms with Crippen molar-refractivity contribution in [2.75, 3.05) is 17.2 Å². The van der Waals surface area contributed by atoms with Gasteiger partial charge < -0.3 is 10.6 Å². The second kappa shape index (κ2) is 7.22. The highest BCUT2D eigenvalue weighted by Crippen LogP contribution is 2.19. The number of nitrogens with zero attached hydrogens (tertiary/aromatic N) is 3. The quantitative estimate of drug-likeness (QED) is 0.642. The number of H-pyrrole nitrogens is 1. The van der Waals surface area contributed by atoms with Crippen LogP contribution in [0.3, 0.4) is 0 Å². The minimum Gasteiger partial charge on any atom is -0.347 e. The molecule has 27 heavy (non-hydrogen) atoms. The molecule has 2 heterocycles. The predicted molar refractivity (Wildman–Crippen MR) is 106 cm³/mol. The van der Waals surface area contributed by atoms with Crippen molar-refractivity contribution in [2.24, 2.45) is 0 Å². The average molecular weight is 368 g/mol. The molecule has 1 aromatic carbocycles. The molecule has 0 fully saturated rings. The fourth-order valence-electron chi connectivity index (χ4n) is 2.80. The molecule has 0 atom stereocenters. The number of aromatic amines is 1. The second-order valence-corrected chi connectivity index (χ2v) is 7.29. The number of nitrogens with one attached hydrogen (secondary N) is 3. The van der Waals surface area contributed by atoms with E-state index in [1.54, 1.807) is 4.68 Å². The van der Waals surface area contributed by atoms with Gasteiger partial charge in [-0.3, -0.25) is 14.6 Å². The maximum absolute atomic E-state index is 12.3. The van der Waals surface area contributed by atoms with Crippen molar-refractivity contribution in [3.8, 4) is 0 Å². The van der Waals surface area contributed by atoms with Crippen LogP contribution >= 0.6 is 0 Å². The molecule has 8 nitrogen and oxygen atoms in total. The molecule has 0 aliphatic carbocycles. The van der Waals surface area contributed by atoms with E-state index in [0.29, 0.717) is 11.0 Å². The van der Waals surface area contributed by atoms with E-state index in [-0.39, 0.29) is 29.5 Å². The Morgan fingerprint density at radius 3 is 2.70 bits per heavy atom. The van der Waals surface area contributed by atoms with Crippen molar-refractivity contribution >= 4 is 28.6 Å². The standard InChI is InChI=1S/C19H24N6O2/c1-5-12-8-6-7-9-14(12)22-15(26)11-20-18-23-16-13(17(27)24-18)10-21-25(16)19(2,3)4/h6-10H,5,11H2,1-4H3,(H,22,26)(H2,20,23,24,27). The molecule has 1 amide bonds. The van der Waals surface area contributed by atoms with E-state index in [0.717, 1.165) is 17.7 Å². The van der Waals surface area contributed by atoms with E-state index in [2.05, 4.69) is 25.7 Å². The Hall–Kier alpha value is -3.16. The molecule has 0 saturated carbocycles. The Morgan fingerprint density at radius 2 is 2.00 bits per heavy atom. The Labute approximate surface area is 157 Å². The zero-order valence-electron chi connectivity index (χ0n) is 16.0. The monoisotopic (exact) mass is 368 g/mol. The first-order valence-electron chi connectivity index (χ1n) is 8.89. The van der Waals surface area contributed by atoms with Crippen LogP contribution in [0.25, 0.3) is 11.0 Å². The first-order valence-corrected chi connectivity index (χ1v) is 8.89. The molecule has 8 heteroatoms. The van der Waals surface area contributed by atoms with Gasteiger partial charge in [0.2, 0.25) is 11.9 Å².